The summed E-state index contributed by atoms with van der Waals surface area (Å²) in [4.78, 5) is 31.1. The second-order valence-electron chi connectivity index (χ2n) is 9.26. The zero-order valence-electron chi connectivity index (χ0n) is 17.5. The third-order valence-electron chi connectivity index (χ3n) is 6.97. The van der Waals surface area contributed by atoms with Crippen LogP contribution in [0.4, 0.5) is 13.6 Å². The summed E-state index contributed by atoms with van der Waals surface area (Å²) < 4.78 is 29.3. The Morgan fingerprint density at radius 1 is 1.16 bits per heavy atom. The van der Waals surface area contributed by atoms with E-state index >= 15 is 0 Å². The number of halogens is 2. The van der Waals surface area contributed by atoms with Crippen molar-refractivity contribution in [3.05, 3.63) is 30.1 Å². The number of pyridine rings is 1. The van der Waals surface area contributed by atoms with Crippen LogP contribution >= 0.6 is 0 Å². The number of carbonyl (C=O) groups excluding carboxylic acids is 2. The van der Waals surface area contributed by atoms with Crippen molar-refractivity contribution in [1.29, 1.82) is 5.41 Å². The number of rotatable bonds is 8. The summed E-state index contributed by atoms with van der Waals surface area (Å²) in [6.45, 7) is 1.25. The van der Waals surface area contributed by atoms with Gasteiger partial charge in [-0.2, -0.15) is 0 Å². The lowest BCUT2D eigenvalue weighted by Gasteiger charge is -2.33. The first-order chi connectivity index (χ1) is 14.8. The number of piperidine rings is 1. The molecule has 3 N–H and O–H groups in total. The van der Waals surface area contributed by atoms with E-state index in [-0.39, 0.29) is 18.0 Å². The van der Waals surface area contributed by atoms with Crippen LogP contribution in [0.5, 0.6) is 0 Å². The van der Waals surface area contributed by atoms with Gasteiger partial charge in [-0.15, -0.1) is 0 Å². The van der Waals surface area contributed by atoms with Crippen LogP contribution in [0.15, 0.2) is 24.5 Å². The second kappa shape index (κ2) is 8.16. The number of carbonyl (C=O) groups is 2. The average molecular weight is 434 g/mol. The molecule has 3 aliphatic rings. The molecule has 0 radical (unpaired) electrons. The minimum Gasteiger partial charge on any atom is -0.344 e. The lowest BCUT2D eigenvalue weighted by atomic mass is 9.94. The van der Waals surface area contributed by atoms with Gasteiger partial charge in [0.05, 0.1) is 5.54 Å². The standard InChI is InChI=1S/C22H29F2N5O2/c23-22(24,16-2-11-26-12-3-16)4-1-17(18(30)28-21(15-25)7-8-21)27-19(31)29-13-9-20(5-6-20)10-14-29/h2-3,11-12,15,17,25H,1,4-10,13-14H2,(H,27,31)(H,28,30)/t17-/m0/s1. The van der Waals surface area contributed by atoms with Gasteiger partial charge in [0.2, 0.25) is 5.91 Å². The maximum Gasteiger partial charge on any atom is 0.318 e. The zero-order valence-corrected chi connectivity index (χ0v) is 17.5. The predicted molar refractivity (Wildman–Crippen MR) is 111 cm³/mol. The number of alkyl halides is 2. The van der Waals surface area contributed by atoms with E-state index in [9.17, 15) is 18.4 Å². The van der Waals surface area contributed by atoms with Crippen molar-refractivity contribution < 1.29 is 18.4 Å². The van der Waals surface area contributed by atoms with Crippen LogP contribution in [0, 0.1) is 10.8 Å². The van der Waals surface area contributed by atoms with E-state index in [0.29, 0.717) is 31.3 Å². The molecular formula is C22H29F2N5O2. The summed E-state index contributed by atoms with van der Waals surface area (Å²) in [6, 6.07) is 1.03. The fourth-order valence-corrected chi connectivity index (χ4v) is 4.21. The van der Waals surface area contributed by atoms with Crippen LogP contribution in [0.2, 0.25) is 0 Å². The van der Waals surface area contributed by atoms with Gasteiger partial charge < -0.3 is 20.9 Å². The number of likely N-dealkylation sites (tertiary alicyclic amines) is 1. The summed E-state index contributed by atoms with van der Waals surface area (Å²) in [5.74, 6) is -3.66. The molecular weight excluding hydrogens is 404 g/mol. The van der Waals surface area contributed by atoms with Crippen molar-refractivity contribution in [3.8, 4) is 0 Å². The summed E-state index contributed by atoms with van der Waals surface area (Å²) in [5.41, 5.74) is -0.462. The SMILES string of the molecule is N=CC1(NC(=O)[C@H](CCC(F)(F)c2ccncc2)NC(=O)N2CCC3(CC2)CC3)CC1. The highest BCUT2D eigenvalue weighted by molar-refractivity contribution is 5.90. The Bertz CT molecular complexity index is 830. The van der Waals surface area contributed by atoms with E-state index in [1.165, 1.54) is 43.6 Å². The van der Waals surface area contributed by atoms with Gasteiger partial charge >= 0.3 is 6.03 Å². The number of hydrogen-bond donors (Lipinski definition) is 3. The fourth-order valence-electron chi connectivity index (χ4n) is 4.21. The highest BCUT2D eigenvalue weighted by Crippen LogP contribution is 2.53. The molecule has 2 heterocycles. The van der Waals surface area contributed by atoms with Crippen LogP contribution in [0.25, 0.3) is 0 Å². The molecule has 1 saturated heterocycles. The fraction of sp³-hybridized carbons (Fsp3) is 0.636. The molecule has 4 rings (SSSR count). The molecule has 1 aromatic heterocycles. The number of nitrogens with zero attached hydrogens (tertiary/aromatic N) is 2. The first kappa shape index (κ1) is 21.6. The second-order valence-corrected chi connectivity index (χ2v) is 9.26. The summed E-state index contributed by atoms with van der Waals surface area (Å²) >= 11 is 0. The molecule has 168 valence electrons. The van der Waals surface area contributed by atoms with Crippen LogP contribution in [0.1, 0.15) is 56.9 Å². The van der Waals surface area contributed by atoms with Gasteiger partial charge in [0.1, 0.15) is 6.04 Å². The Morgan fingerprint density at radius 3 is 2.35 bits per heavy atom. The Hall–Kier alpha value is -2.58. The summed E-state index contributed by atoms with van der Waals surface area (Å²) in [7, 11) is 0. The van der Waals surface area contributed by atoms with Crippen LogP contribution < -0.4 is 10.6 Å². The summed E-state index contributed by atoms with van der Waals surface area (Å²) in [5, 5.41) is 12.9. The maximum atomic E-state index is 14.7. The van der Waals surface area contributed by atoms with E-state index in [1.54, 1.807) is 4.90 Å². The molecule has 0 unspecified atom stereocenters. The molecule has 2 aliphatic carbocycles. The Balaban J connectivity index is 1.40. The molecule has 1 aromatic rings. The van der Waals surface area contributed by atoms with Gasteiger partial charge in [0.25, 0.3) is 5.92 Å². The number of nitrogens with one attached hydrogen (secondary N) is 3. The van der Waals surface area contributed by atoms with Gasteiger partial charge in [-0.25, -0.2) is 13.6 Å². The molecule has 1 aliphatic heterocycles. The maximum absolute atomic E-state index is 14.7. The Morgan fingerprint density at radius 2 is 1.81 bits per heavy atom. The van der Waals surface area contributed by atoms with Crippen molar-refractivity contribution >= 4 is 18.2 Å². The highest BCUT2D eigenvalue weighted by Gasteiger charge is 2.46. The monoisotopic (exact) mass is 433 g/mol. The Kier molecular flexibility index (Phi) is 5.70. The molecule has 31 heavy (non-hydrogen) atoms. The number of hydrogen-bond acceptors (Lipinski definition) is 4. The van der Waals surface area contributed by atoms with Crippen molar-refractivity contribution in [2.24, 2.45) is 5.41 Å². The predicted octanol–water partition coefficient (Wildman–Crippen LogP) is 3.21. The smallest absolute Gasteiger partial charge is 0.318 e. The third-order valence-corrected chi connectivity index (χ3v) is 6.97. The minimum absolute atomic E-state index is 0.170. The zero-order chi connectivity index (χ0) is 22.1. The van der Waals surface area contributed by atoms with Crippen LogP contribution in [-0.4, -0.2) is 52.7 Å². The molecule has 0 aromatic carbocycles. The largest absolute Gasteiger partial charge is 0.344 e. The van der Waals surface area contributed by atoms with Gasteiger partial charge in [0, 0.05) is 43.7 Å². The molecule has 2 saturated carbocycles. The van der Waals surface area contributed by atoms with Gasteiger partial charge in [-0.05, 0) is 62.5 Å². The first-order valence-electron chi connectivity index (χ1n) is 10.9. The van der Waals surface area contributed by atoms with E-state index in [1.807, 2.05) is 0 Å². The Labute approximate surface area is 180 Å². The highest BCUT2D eigenvalue weighted by atomic mass is 19.3. The number of aromatic nitrogens is 1. The van der Waals surface area contributed by atoms with Crippen molar-refractivity contribution in [2.45, 2.75) is 68.9 Å². The van der Waals surface area contributed by atoms with Crippen molar-refractivity contribution in [3.63, 3.8) is 0 Å². The molecule has 9 heteroatoms. The quantitative estimate of drug-likeness (QED) is 0.549. The molecule has 0 bridgehead atoms. The minimum atomic E-state index is -3.14. The van der Waals surface area contributed by atoms with Gasteiger partial charge in [0.15, 0.2) is 0 Å². The topological polar surface area (TPSA) is 98.2 Å². The van der Waals surface area contributed by atoms with E-state index in [2.05, 4.69) is 15.6 Å². The van der Waals surface area contributed by atoms with Gasteiger partial charge in [-0.1, -0.05) is 0 Å². The molecule has 3 fully saturated rings. The normalized spacial score (nSPS) is 21.8. The first-order valence-corrected chi connectivity index (χ1v) is 10.9. The lowest BCUT2D eigenvalue weighted by molar-refractivity contribution is -0.124. The van der Waals surface area contributed by atoms with Crippen molar-refractivity contribution in [1.82, 2.24) is 20.5 Å². The third kappa shape index (κ3) is 5.02. The molecule has 7 nitrogen and oxygen atoms in total. The average Bonchev–Trinajstić information content (AvgIpc) is 3.70. The van der Waals surface area contributed by atoms with Crippen molar-refractivity contribution in [2.75, 3.05) is 13.1 Å². The van der Waals surface area contributed by atoms with E-state index < -0.39 is 29.8 Å². The van der Waals surface area contributed by atoms with E-state index in [0.717, 1.165) is 12.8 Å². The summed E-state index contributed by atoms with van der Waals surface area (Å²) in [6.07, 6.45) is 8.60. The van der Waals surface area contributed by atoms with Crippen LogP contribution in [-0.2, 0) is 10.7 Å². The lowest BCUT2D eigenvalue weighted by Crippen LogP contribution is -2.55. The molecule has 1 atom stereocenters. The van der Waals surface area contributed by atoms with Gasteiger partial charge in [-0.3, -0.25) is 9.78 Å². The number of urea groups is 1. The molecule has 3 amide bonds. The van der Waals surface area contributed by atoms with Crippen LogP contribution in [0.3, 0.4) is 0 Å². The molecule has 1 spiro atoms. The van der Waals surface area contributed by atoms with E-state index in [4.69, 9.17) is 5.41 Å². The number of amides is 3.